The van der Waals surface area contributed by atoms with E-state index in [4.69, 9.17) is 10.5 Å². The molecule has 1 saturated carbocycles. The van der Waals surface area contributed by atoms with E-state index in [1.165, 1.54) is 5.56 Å². The summed E-state index contributed by atoms with van der Waals surface area (Å²) < 4.78 is 5.31. The molecule has 2 amide bonds. The molecule has 1 aromatic rings. The fraction of sp³-hybridized carbons (Fsp3) is 0.556. The van der Waals surface area contributed by atoms with Crippen LogP contribution in [0, 0.1) is 5.92 Å². The zero-order valence-corrected chi connectivity index (χ0v) is 13.4. The maximum absolute atomic E-state index is 12.5. The minimum Gasteiger partial charge on any atom is -0.378 e. The molecule has 0 spiro atoms. The molecule has 0 atom stereocenters. The molecule has 1 saturated heterocycles. The van der Waals surface area contributed by atoms with Gasteiger partial charge >= 0.3 is 0 Å². The highest BCUT2D eigenvalue weighted by Crippen LogP contribution is 2.36. The third kappa shape index (κ3) is 3.72. The van der Waals surface area contributed by atoms with Crippen molar-refractivity contribution in [2.75, 3.05) is 26.3 Å². The summed E-state index contributed by atoms with van der Waals surface area (Å²) in [4.78, 5) is 25.6. The molecule has 1 aliphatic carbocycles. The van der Waals surface area contributed by atoms with E-state index >= 15 is 0 Å². The van der Waals surface area contributed by atoms with E-state index in [0.717, 1.165) is 38.8 Å². The number of rotatable bonds is 3. The molecule has 2 N–H and O–H groups in total. The molecule has 2 aliphatic rings. The number of nitrogens with two attached hydrogens (primary N) is 1. The maximum atomic E-state index is 12.5. The minimum absolute atomic E-state index is 0.161. The van der Waals surface area contributed by atoms with Gasteiger partial charge in [0.15, 0.2) is 0 Å². The summed E-state index contributed by atoms with van der Waals surface area (Å²) >= 11 is 0. The van der Waals surface area contributed by atoms with Gasteiger partial charge in [-0.1, -0.05) is 12.1 Å². The van der Waals surface area contributed by atoms with E-state index in [1.54, 1.807) is 12.1 Å². The highest BCUT2D eigenvalue weighted by atomic mass is 16.5. The van der Waals surface area contributed by atoms with Crippen LogP contribution >= 0.6 is 0 Å². The van der Waals surface area contributed by atoms with Gasteiger partial charge in [-0.25, -0.2) is 0 Å². The highest BCUT2D eigenvalue weighted by Gasteiger charge is 2.30. The van der Waals surface area contributed by atoms with Gasteiger partial charge in [-0.3, -0.25) is 9.59 Å². The van der Waals surface area contributed by atoms with Crippen molar-refractivity contribution in [3.05, 3.63) is 35.4 Å². The fourth-order valence-electron chi connectivity index (χ4n) is 3.64. The van der Waals surface area contributed by atoms with E-state index < -0.39 is 5.91 Å². The van der Waals surface area contributed by atoms with Crippen molar-refractivity contribution in [3.63, 3.8) is 0 Å². The second-order valence-corrected chi connectivity index (χ2v) is 6.47. The van der Waals surface area contributed by atoms with Crippen LogP contribution in [0.3, 0.4) is 0 Å². The number of benzene rings is 1. The van der Waals surface area contributed by atoms with Gasteiger partial charge in [0, 0.05) is 24.6 Å². The van der Waals surface area contributed by atoms with Gasteiger partial charge in [-0.05, 0) is 49.3 Å². The molecular weight excluding hydrogens is 292 g/mol. The second kappa shape index (κ2) is 7.13. The molecule has 5 heteroatoms. The fourth-order valence-corrected chi connectivity index (χ4v) is 3.64. The van der Waals surface area contributed by atoms with E-state index in [0.29, 0.717) is 30.6 Å². The van der Waals surface area contributed by atoms with Crippen LogP contribution in [0.2, 0.25) is 0 Å². The van der Waals surface area contributed by atoms with E-state index in [2.05, 4.69) is 0 Å². The Hall–Kier alpha value is -1.88. The Morgan fingerprint density at radius 3 is 2.17 bits per heavy atom. The average Bonchev–Trinajstić information content (AvgIpc) is 2.62. The van der Waals surface area contributed by atoms with Gasteiger partial charge in [-0.2, -0.15) is 0 Å². The summed E-state index contributed by atoms with van der Waals surface area (Å²) in [6.45, 7) is 2.78. The van der Waals surface area contributed by atoms with E-state index in [-0.39, 0.29) is 5.92 Å². The lowest BCUT2D eigenvalue weighted by Gasteiger charge is -2.34. The number of carbonyl (C=O) groups excluding carboxylic acids is 2. The van der Waals surface area contributed by atoms with Crippen LogP contribution in [-0.4, -0.2) is 43.0 Å². The lowest BCUT2D eigenvalue weighted by Crippen LogP contribution is -2.44. The SMILES string of the molecule is NC(=O)c1ccc(C2CCC(C(=O)N3CCOCC3)CC2)cc1. The zero-order chi connectivity index (χ0) is 16.2. The third-order valence-electron chi connectivity index (χ3n) is 5.07. The van der Waals surface area contributed by atoms with Crippen molar-refractivity contribution in [1.29, 1.82) is 0 Å². The molecular formula is C18H24N2O3. The number of carbonyl (C=O) groups is 2. The van der Waals surface area contributed by atoms with Crippen molar-refractivity contribution in [2.24, 2.45) is 11.7 Å². The summed E-state index contributed by atoms with van der Waals surface area (Å²) in [6.07, 6.45) is 3.93. The molecule has 1 aliphatic heterocycles. The Bertz CT molecular complexity index is 556. The summed E-state index contributed by atoms with van der Waals surface area (Å²) in [6, 6.07) is 7.58. The summed E-state index contributed by atoms with van der Waals surface area (Å²) in [5, 5.41) is 0. The first-order valence-electron chi connectivity index (χ1n) is 8.41. The van der Waals surface area contributed by atoms with Crippen molar-refractivity contribution < 1.29 is 14.3 Å². The monoisotopic (exact) mass is 316 g/mol. The van der Waals surface area contributed by atoms with E-state index in [9.17, 15) is 9.59 Å². The van der Waals surface area contributed by atoms with Gasteiger partial charge in [0.2, 0.25) is 11.8 Å². The molecule has 1 aromatic carbocycles. The zero-order valence-electron chi connectivity index (χ0n) is 13.4. The number of hydrogen-bond donors (Lipinski definition) is 1. The number of primary amides is 1. The van der Waals surface area contributed by atoms with Crippen LogP contribution in [-0.2, 0) is 9.53 Å². The van der Waals surface area contributed by atoms with Gasteiger partial charge in [-0.15, -0.1) is 0 Å². The molecule has 23 heavy (non-hydrogen) atoms. The van der Waals surface area contributed by atoms with Crippen LogP contribution in [0.25, 0.3) is 0 Å². The molecule has 2 fully saturated rings. The first-order valence-corrected chi connectivity index (χ1v) is 8.41. The van der Waals surface area contributed by atoms with Gasteiger partial charge in [0.25, 0.3) is 0 Å². The number of hydrogen-bond acceptors (Lipinski definition) is 3. The Labute approximate surface area is 136 Å². The maximum Gasteiger partial charge on any atom is 0.248 e. The predicted molar refractivity (Wildman–Crippen MR) is 87.1 cm³/mol. The summed E-state index contributed by atoms with van der Waals surface area (Å²) in [5.74, 6) is 0.548. The Morgan fingerprint density at radius 2 is 1.61 bits per heavy atom. The summed E-state index contributed by atoms with van der Waals surface area (Å²) in [7, 11) is 0. The molecule has 3 rings (SSSR count). The number of amides is 2. The van der Waals surface area contributed by atoms with Crippen molar-refractivity contribution >= 4 is 11.8 Å². The Morgan fingerprint density at radius 1 is 1.00 bits per heavy atom. The van der Waals surface area contributed by atoms with Crippen LogP contribution in [0.1, 0.15) is 47.5 Å². The number of morpholine rings is 1. The Kier molecular flexibility index (Phi) is 4.96. The van der Waals surface area contributed by atoms with Gasteiger partial charge < -0.3 is 15.4 Å². The van der Waals surface area contributed by atoms with Crippen molar-refractivity contribution in [3.8, 4) is 0 Å². The molecule has 0 aromatic heterocycles. The number of ether oxygens (including phenoxy) is 1. The summed E-state index contributed by atoms with van der Waals surface area (Å²) in [5.41, 5.74) is 7.06. The standard InChI is InChI=1S/C18H24N2O3/c19-17(21)15-5-1-13(2-6-15)14-3-7-16(8-4-14)18(22)20-9-11-23-12-10-20/h1-2,5-6,14,16H,3-4,7-12H2,(H2,19,21). The average molecular weight is 316 g/mol. The third-order valence-corrected chi connectivity index (χ3v) is 5.07. The molecule has 124 valence electrons. The molecule has 0 unspecified atom stereocenters. The topological polar surface area (TPSA) is 72.6 Å². The van der Waals surface area contributed by atoms with Crippen LogP contribution < -0.4 is 5.73 Å². The Balaban J connectivity index is 1.55. The number of nitrogens with zero attached hydrogens (tertiary/aromatic N) is 1. The normalized spacial score (nSPS) is 25.1. The first-order chi connectivity index (χ1) is 11.1. The van der Waals surface area contributed by atoms with Gasteiger partial charge in [0.1, 0.15) is 0 Å². The van der Waals surface area contributed by atoms with E-state index in [1.807, 2.05) is 17.0 Å². The molecule has 0 radical (unpaired) electrons. The smallest absolute Gasteiger partial charge is 0.248 e. The minimum atomic E-state index is -0.392. The van der Waals surface area contributed by atoms with Crippen molar-refractivity contribution in [1.82, 2.24) is 4.90 Å². The quantitative estimate of drug-likeness (QED) is 0.926. The van der Waals surface area contributed by atoms with Crippen molar-refractivity contribution in [2.45, 2.75) is 31.6 Å². The van der Waals surface area contributed by atoms with Crippen LogP contribution in [0.15, 0.2) is 24.3 Å². The largest absolute Gasteiger partial charge is 0.378 e. The van der Waals surface area contributed by atoms with Crippen LogP contribution in [0.4, 0.5) is 0 Å². The molecule has 0 bridgehead atoms. The lowest BCUT2D eigenvalue weighted by atomic mass is 9.78. The second-order valence-electron chi connectivity index (χ2n) is 6.47. The predicted octanol–water partition coefficient (Wildman–Crippen LogP) is 1.92. The first kappa shape index (κ1) is 16.0. The lowest BCUT2D eigenvalue weighted by molar-refractivity contribution is -0.140. The molecule has 1 heterocycles. The van der Waals surface area contributed by atoms with Crippen LogP contribution in [0.5, 0.6) is 0 Å². The highest BCUT2D eigenvalue weighted by molar-refractivity contribution is 5.92. The van der Waals surface area contributed by atoms with Gasteiger partial charge in [0.05, 0.1) is 13.2 Å². The molecule has 5 nitrogen and oxygen atoms in total.